The lowest BCUT2D eigenvalue weighted by Crippen LogP contribution is -2.23. The molecule has 156 valence electrons. The third-order valence-electron chi connectivity index (χ3n) is 4.08. The summed E-state index contributed by atoms with van der Waals surface area (Å²) in [6.45, 7) is 6.40. The first-order valence-electron chi connectivity index (χ1n) is 9.14. The van der Waals surface area contributed by atoms with Crippen LogP contribution in [-0.4, -0.2) is 37.5 Å². The zero-order valence-electron chi connectivity index (χ0n) is 17.7. The molecular weight excluding hydrogens is 388 g/mol. The van der Waals surface area contributed by atoms with Crippen LogP contribution in [0.15, 0.2) is 53.7 Å². The number of carbonyl (C=O) groups is 1. The van der Waals surface area contributed by atoms with Gasteiger partial charge in [-0.05, 0) is 29.9 Å². The first kappa shape index (κ1) is 22.9. The number of nitrogens with one attached hydrogen (secondary N) is 1. The number of ketones is 1. The van der Waals surface area contributed by atoms with E-state index in [4.69, 9.17) is 14.2 Å². The lowest BCUT2D eigenvalue weighted by Gasteiger charge is -2.23. The van der Waals surface area contributed by atoms with Gasteiger partial charge in [0.1, 0.15) is 11.4 Å². The minimum absolute atomic E-state index is 0.0783. The van der Waals surface area contributed by atoms with Gasteiger partial charge in [-0.1, -0.05) is 39.0 Å². The van der Waals surface area contributed by atoms with Crippen LogP contribution in [-0.2, 0) is 19.7 Å². The molecule has 6 nitrogen and oxygen atoms in total. The van der Waals surface area contributed by atoms with E-state index < -0.39 is 6.29 Å². The minimum Gasteiger partial charge on any atom is -0.437 e. The highest BCUT2D eigenvalue weighted by atomic mass is 32.2. The Bertz CT molecular complexity index is 858. The second-order valence-corrected chi connectivity index (χ2v) is 8.10. The number of pyridine rings is 1. The van der Waals surface area contributed by atoms with Crippen molar-refractivity contribution in [1.82, 2.24) is 4.98 Å². The molecule has 1 N–H and O–H groups in total. The van der Waals surface area contributed by atoms with E-state index >= 15 is 0 Å². The molecule has 0 unspecified atom stereocenters. The van der Waals surface area contributed by atoms with E-state index in [1.807, 2.05) is 36.6 Å². The Labute approximate surface area is 176 Å². The van der Waals surface area contributed by atoms with E-state index in [-0.39, 0.29) is 11.2 Å². The monoisotopic (exact) mass is 416 g/mol. The maximum Gasteiger partial charge on any atom is 0.243 e. The van der Waals surface area contributed by atoms with Gasteiger partial charge in [0.25, 0.3) is 0 Å². The number of ether oxygens (including phenoxy) is 3. The Morgan fingerprint density at radius 2 is 1.83 bits per heavy atom. The zero-order chi connectivity index (χ0) is 21.4. The highest BCUT2D eigenvalue weighted by Gasteiger charge is 2.20. The number of rotatable bonds is 9. The Balaban J connectivity index is 2.31. The van der Waals surface area contributed by atoms with Crippen LogP contribution in [0, 0.1) is 0 Å². The van der Waals surface area contributed by atoms with Gasteiger partial charge in [0.05, 0.1) is 5.03 Å². The third kappa shape index (κ3) is 6.32. The smallest absolute Gasteiger partial charge is 0.243 e. The molecule has 0 atom stereocenters. The van der Waals surface area contributed by atoms with Crippen LogP contribution in [0.2, 0.25) is 0 Å². The van der Waals surface area contributed by atoms with Gasteiger partial charge in [-0.15, -0.1) is 11.8 Å². The first-order valence-corrected chi connectivity index (χ1v) is 10.4. The molecular formula is C22H28N2O4S. The number of aromatic nitrogens is 1. The van der Waals surface area contributed by atoms with Crippen LogP contribution in [0.25, 0.3) is 0 Å². The fraction of sp³-hybridized carbons (Fsp3) is 0.364. The lowest BCUT2D eigenvalue weighted by atomic mass is 9.86. The molecule has 1 aromatic carbocycles. The number of hydrogen-bond acceptors (Lipinski definition) is 7. The lowest BCUT2D eigenvalue weighted by molar-refractivity contribution is -0.151. The van der Waals surface area contributed by atoms with Crippen molar-refractivity contribution >= 4 is 23.2 Å². The summed E-state index contributed by atoms with van der Waals surface area (Å²) in [6.07, 6.45) is 4.04. The largest absolute Gasteiger partial charge is 0.437 e. The van der Waals surface area contributed by atoms with Gasteiger partial charge in [0.2, 0.25) is 18.0 Å². The van der Waals surface area contributed by atoms with Crippen LogP contribution in [0.4, 0.5) is 5.69 Å². The molecule has 0 aliphatic heterocycles. The number of methoxy groups -OCH3 is 2. The number of benzene rings is 1. The van der Waals surface area contributed by atoms with Crippen molar-refractivity contribution in [2.24, 2.45) is 0 Å². The molecule has 2 rings (SSSR count). The van der Waals surface area contributed by atoms with Crippen LogP contribution in [0.5, 0.6) is 11.6 Å². The average molecular weight is 417 g/mol. The Morgan fingerprint density at radius 3 is 2.45 bits per heavy atom. The Hall–Kier alpha value is -2.35. The van der Waals surface area contributed by atoms with Gasteiger partial charge in [-0.25, -0.2) is 4.98 Å². The molecule has 0 saturated carbocycles. The first-order chi connectivity index (χ1) is 13.8. The molecule has 0 saturated heterocycles. The SMILES string of the molecule is COC(OC)C(=O)C=C(Nc1cccnc1Oc1ccccc1C(C)(C)C)SC. The molecule has 0 amide bonds. The van der Waals surface area contributed by atoms with Gasteiger partial charge in [-0.3, -0.25) is 4.79 Å². The molecule has 2 aromatic rings. The summed E-state index contributed by atoms with van der Waals surface area (Å²) in [5.74, 6) is 0.870. The fourth-order valence-corrected chi connectivity index (χ4v) is 3.10. The quantitative estimate of drug-likeness (QED) is 0.457. The second-order valence-electron chi connectivity index (χ2n) is 7.25. The number of anilines is 1. The van der Waals surface area contributed by atoms with Crippen LogP contribution in [0.1, 0.15) is 26.3 Å². The Morgan fingerprint density at radius 1 is 1.14 bits per heavy atom. The highest BCUT2D eigenvalue weighted by Crippen LogP contribution is 2.36. The maximum atomic E-state index is 12.3. The van der Waals surface area contributed by atoms with Crippen molar-refractivity contribution in [3.63, 3.8) is 0 Å². The van der Waals surface area contributed by atoms with E-state index in [1.165, 1.54) is 32.1 Å². The summed E-state index contributed by atoms with van der Waals surface area (Å²) in [7, 11) is 2.84. The van der Waals surface area contributed by atoms with Gasteiger partial charge < -0.3 is 19.5 Å². The predicted molar refractivity (Wildman–Crippen MR) is 117 cm³/mol. The standard InChI is InChI=1S/C22H28N2O4S/c1-22(2,3)15-10-7-8-12-18(15)28-20-16(11-9-13-23-20)24-19(29-6)14-17(25)21(26-4)27-5/h7-14,21,24H,1-6H3. The van der Waals surface area contributed by atoms with Gasteiger partial charge in [0.15, 0.2) is 0 Å². The van der Waals surface area contributed by atoms with Crippen molar-refractivity contribution in [1.29, 1.82) is 0 Å². The Kier molecular flexibility index (Phi) is 8.25. The van der Waals surface area contributed by atoms with Crippen molar-refractivity contribution in [2.75, 3.05) is 25.8 Å². The van der Waals surface area contributed by atoms with Crippen molar-refractivity contribution in [3.05, 3.63) is 59.3 Å². The summed E-state index contributed by atoms with van der Waals surface area (Å²) < 4.78 is 16.2. The third-order valence-corrected chi connectivity index (χ3v) is 4.74. The molecule has 0 spiro atoms. The van der Waals surface area contributed by atoms with E-state index in [9.17, 15) is 4.79 Å². The summed E-state index contributed by atoms with van der Waals surface area (Å²) in [5, 5.41) is 3.84. The molecule has 0 aliphatic carbocycles. The van der Waals surface area contributed by atoms with E-state index in [0.29, 0.717) is 16.6 Å². The second kappa shape index (κ2) is 10.4. The van der Waals surface area contributed by atoms with E-state index in [1.54, 1.807) is 12.3 Å². The average Bonchev–Trinajstić information content (AvgIpc) is 2.69. The molecule has 0 bridgehead atoms. The molecule has 0 radical (unpaired) electrons. The number of nitrogens with zero attached hydrogens (tertiary/aromatic N) is 1. The maximum absolute atomic E-state index is 12.3. The molecule has 7 heteroatoms. The van der Waals surface area contributed by atoms with Crippen LogP contribution in [0.3, 0.4) is 0 Å². The van der Waals surface area contributed by atoms with Crippen molar-refractivity contribution < 1.29 is 19.0 Å². The molecule has 1 heterocycles. The van der Waals surface area contributed by atoms with Crippen molar-refractivity contribution in [2.45, 2.75) is 32.5 Å². The van der Waals surface area contributed by atoms with Crippen LogP contribution < -0.4 is 10.1 Å². The molecule has 1 aromatic heterocycles. The van der Waals surface area contributed by atoms with Gasteiger partial charge in [0, 0.05) is 32.1 Å². The number of hydrogen-bond donors (Lipinski definition) is 1. The molecule has 0 fully saturated rings. The number of carbonyl (C=O) groups excluding carboxylic acids is 1. The summed E-state index contributed by atoms with van der Waals surface area (Å²) in [5.41, 5.74) is 1.65. The zero-order valence-corrected chi connectivity index (χ0v) is 18.5. The summed E-state index contributed by atoms with van der Waals surface area (Å²) >= 11 is 1.39. The summed E-state index contributed by atoms with van der Waals surface area (Å²) in [6, 6.07) is 11.6. The van der Waals surface area contributed by atoms with Gasteiger partial charge >= 0.3 is 0 Å². The summed E-state index contributed by atoms with van der Waals surface area (Å²) in [4.78, 5) is 16.6. The molecule has 29 heavy (non-hydrogen) atoms. The normalized spacial score (nSPS) is 12.2. The number of thioether (sulfide) groups is 1. The highest BCUT2D eigenvalue weighted by molar-refractivity contribution is 8.02. The number of para-hydroxylation sites is 1. The minimum atomic E-state index is -0.942. The predicted octanol–water partition coefficient (Wildman–Crippen LogP) is 4.98. The van der Waals surface area contributed by atoms with E-state index in [2.05, 4.69) is 31.1 Å². The van der Waals surface area contributed by atoms with E-state index in [0.717, 1.165) is 11.3 Å². The fourth-order valence-electron chi connectivity index (χ4n) is 2.65. The van der Waals surface area contributed by atoms with Gasteiger partial charge in [-0.2, -0.15) is 0 Å². The van der Waals surface area contributed by atoms with Crippen molar-refractivity contribution in [3.8, 4) is 11.6 Å². The van der Waals surface area contributed by atoms with Crippen LogP contribution >= 0.6 is 11.8 Å². The topological polar surface area (TPSA) is 69.7 Å². The molecule has 0 aliphatic rings.